The third-order valence-electron chi connectivity index (χ3n) is 5.94. The van der Waals surface area contributed by atoms with Crippen LogP contribution in [-0.2, 0) is 4.79 Å². The summed E-state index contributed by atoms with van der Waals surface area (Å²) in [4.78, 5) is 21.9. The molecule has 2 aliphatic heterocycles. The first kappa shape index (κ1) is 25.5. The Kier molecular flexibility index (Phi) is 11.7. The van der Waals surface area contributed by atoms with Crippen molar-refractivity contribution in [2.45, 2.75) is 84.2 Å². The molecular weight excluding hydrogens is 465 g/mol. The maximum atomic E-state index is 12.5. The van der Waals surface area contributed by atoms with Gasteiger partial charge in [-0.2, -0.15) is 0 Å². The molecule has 2 fully saturated rings. The molecule has 2 N–H and O–H groups in total. The molecule has 1 atom stereocenters. The van der Waals surface area contributed by atoms with Crippen molar-refractivity contribution < 1.29 is 4.79 Å². The Balaban J connectivity index is 0.00000392. The van der Waals surface area contributed by atoms with Crippen molar-refractivity contribution in [3.05, 3.63) is 0 Å². The van der Waals surface area contributed by atoms with Crippen LogP contribution in [-0.4, -0.2) is 72.5 Å². The highest BCUT2D eigenvalue weighted by molar-refractivity contribution is 14.0. The summed E-state index contributed by atoms with van der Waals surface area (Å²) in [6.07, 6.45) is 7.99. The third kappa shape index (κ3) is 8.05. The van der Waals surface area contributed by atoms with Gasteiger partial charge in [-0.15, -0.1) is 24.0 Å². The molecule has 0 aromatic carbocycles. The van der Waals surface area contributed by atoms with Gasteiger partial charge >= 0.3 is 0 Å². The molecule has 0 radical (unpaired) electrons. The summed E-state index contributed by atoms with van der Waals surface area (Å²) < 4.78 is 0. The van der Waals surface area contributed by atoms with Crippen molar-refractivity contribution in [1.29, 1.82) is 0 Å². The van der Waals surface area contributed by atoms with Gasteiger partial charge in [0.05, 0.1) is 6.54 Å². The highest BCUT2D eigenvalue weighted by Gasteiger charge is 2.27. The van der Waals surface area contributed by atoms with Crippen molar-refractivity contribution in [2.75, 3.05) is 39.3 Å². The van der Waals surface area contributed by atoms with E-state index in [1.54, 1.807) is 0 Å². The largest absolute Gasteiger partial charge is 0.357 e. The number of hydrogen-bond acceptors (Lipinski definition) is 3. The molecule has 0 spiro atoms. The number of carbonyl (C=O) groups is 1. The summed E-state index contributed by atoms with van der Waals surface area (Å²) in [5.41, 5.74) is 0.0713. The van der Waals surface area contributed by atoms with Gasteiger partial charge in [0.1, 0.15) is 0 Å². The lowest BCUT2D eigenvalue weighted by atomic mass is 9.99. The molecule has 2 saturated heterocycles. The minimum atomic E-state index is 0. The zero-order chi connectivity index (χ0) is 19.7. The van der Waals surface area contributed by atoms with E-state index in [1.807, 2.05) is 0 Å². The topological polar surface area (TPSA) is 60.0 Å². The summed E-state index contributed by atoms with van der Waals surface area (Å²) in [6, 6.07) is 0.387. The van der Waals surface area contributed by atoms with Crippen LogP contribution in [0.25, 0.3) is 0 Å². The Labute approximate surface area is 189 Å². The summed E-state index contributed by atoms with van der Waals surface area (Å²) in [5.74, 6) is 1.08. The van der Waals surface area contributed by atoms with E-state index in [2.05, 4.69) is 48.1 Å². The number of nitrogens with zero attached hydrogens (tertiary/aromatic N) is 3. The van der Waals surface area contributed by atoms with E-state index in [0.29, 0.717) is 19.0 Å². The number of guanidine groups is 1. The third-order valence-corrected chi connectivity index (χ3v) is 5.94. The van der Waals surface area contributed by atoms with Crippen LogP contribution in [0, 0.1) is 0 Å². The lowest BCUT2D eigenvalue weighted by Crippen LogP contribution is -2.50. The highest BCUT2D eigenvalue weighted by atomic mass is 127. The maximum absolute atomic E-state index is 12.5. The Morgan fingerprint density at radius 1 is 1.07 bits per heavy atom. The van der Waals surface area contributed by atoms with E-state index in [9.17, 15) is 4.79 Å². The fourth-order valence-corrected chi connectivity index (χ4v) is 4.11. The van der Waals surface area contributed by atoms with Crippen LogP contribution in [0.4, 0.5) is 0 Å². The minimum Gasteiger partial charge on any atom is -0.357 e. The van der Waals surface area contributed by atoms with Crippen LogP contribution >= 0.6 is 24.0 Å². The van der Waals surface area contributed by atoms with Crippen LogP contribution in [0.3, 0.4) is 0 Å². The molecule has 2 rings (SSSR count). The van der Waals surface area contributed by atoms with E-state index < -0.39 is 0 Å². The molecule has 164 valence electrons. The second-order valence-electron chi connectivity index (χ2n) is 8.66. The number of carbonyl (C=O) groups excluding carboxylic acids is 1. The van der Waals surface area contributed by atoms with Gasteiger partial charge in [0.2, 0.25) is 5.91 Å². The van der Waals surface area contributed by atoms with Crippen molar-refractivity contribution in [1.82, 2.24) is 20.4 Å². The van der Waals surface area contributed by atoms with E-state index in [1.165, 1.54) is 38.8 Å². The predicted octanol–water partition coefficient (Wildman–Crippen LogP) is 3.22. The van der Waals surface area contributed by atoms with Crippen molar-refractivity contribution >= 4 is 35.8 Å². The first-order valence-corrected chi connectivity index (χ1v) is 11.0. The number of hydrogen-bond donors (Lipinski definition) is 2. The lowest BCUT2D eigenvalue weighted by Gasteiger charge is -2.40. The minimum absolute atomic E-state index is 0. The van der Waals surface area contributed by atoms with Gasteiger partial charge in [0.15, 0.2) is 5.96 Å². The van der Waals surface area contributed by atoms with Crippen molar-refractivity contribution in [2.24, 2.45) is 4.99 Å². The molecular formula is C21H42IN5O. The van der Waals surface area contributed by atoms with E-state index >= 15 is 0 Å². The van der Waals surface area contributed by atoms with Crippen molar-refractivity contribution in [3.63, 3.8) is 0 Å². The summed E-state index contributed by atoms with van der Waals surface area (Å²) in [5, 5.41) is 6.67. The monoisotopic (exact) mass is 507 g/mol. The molecule has 2 aliphatic rings. The van der Waals surface area contributed by atoms with E-state index in [0.717, 1.165) is 38.4 Å². The highest BCUT2D eigenvalue weighted by Crippen LogP contribution is 2.21. The van der Waals surface area contributed by atoms with Crippen LogP contribution < -0.4 is 10.6 Å². The molecule has 0 aliphatic carbocycles. The van der Waals surface area contributed by atoms with E-state index in [-0.39, 0.29) is 35.4 Å². The number of amides is 1. The molecule has 0 aromatic heterocycles. The Morgan fingerprint density at radius 2 is 1.75 bits per heavy atom. The number of rotatable bonds is 7. The molecule has 6 nitrogen and oxygen atoms in total. The molecule has 0 aromatic rings. The second-order valence-corrected chi connectivity index (χ2v) is 8.66. The average molecular weight is 508 g/mol. The van der Waals surface area contributed by atoms with Crippen LogP contribution in [0.5, 0.6) is 0 Å². The molecule has 1 amide bonds. The zero-order valence-corrected chi connectivity index (χ0v) is 20.8. The fraction of sp³-hybridized carbons (Fsp3) is 0.905. The predicted molar refractivity (Wildman–Crippen MR) is 129 cm³/mol. The summed E-state index contributed by atoms with van der Waals surface area (Å²) in [6.45, 7) is 14.3. The fourth-order valence-electron chi connectivity index (χ4n) is 4.11. The summed E-state index contributed by atoms with van der Waals surface area (Å²) >= 11 is 0. The first-order valence-electron chi connectivity index (χ1n) is 11.0. The SMILES string of the molecule is CCNC(=NCC(C)(C)N1CCCCC1)NCCC(=O)N1CCCCC1C.I. The molecule has 0 bridgehead atoms. The van der Waals surface area contributed by atoms with Gasteiger partial charge in [-0.05, 0) is 72.9 Å². The van der Waals surface area contributed by atoms with Gasteiger partial charge in [-0.3, -0.25) is 14.7 Å². The number of halogens is 1. The van der Waals surface area contributed by atoms with Crippen molar-refractivity contribution in [3.8, 4) is 0 Å². The average Bonchev–Trinajstić information content (AvgIpc) is 2.67. The Bertz CT molecular complexity index is 491. The molecule has 2 heterocycles. The number of piperidine rings is 2. The van der Waals surface area contributed by atoms with Gasteiger partial charge in [-0.1, -0.05) is 6.42 Å². The molecule has 7 heteroatoms. The molecule has 1 unspecified atom stereocenters. The quantitative estimate of drug-likeness (QED) is 0.316. The normalized spacial score (nSPS) is 21.8. The van der Waals surface area contributed by atoms with Crippen LogP contribution in [0.15, 0.2) is 4.99 Å². The van der Waals surface area contributed by atoms with Gasteiger partial charge in [0.25, 0.3) is 0 Å². The van der Waals surface area contributed by atoms with Gasteiger partial charge in [-0.25, -0.2) is 0 Å². The smallest absolute Gasteiger partial charge is 0.224 e. The number of likely N-dealkylation sites (tertiary alicyclic amines) is 2. The molecule has 28 heavy (non-hydrogen) atoms. The number of nitrogens with one attached hydrogen (secondary N) is 2. The zero-order valence-electron chi connectivity index (χ0n) is 18.4. The van der Waals surface area contributed by atoms with E-state index in [4.69, 9.17) is 4.99 Å². The Morgan fingerprint density at radius 3 is 2.39 bits per heavy atom. The Hall–Kier alpha value is -0.570. The lowest BCUT2D eigenvalue weighted by molar-refractivity contribution is -0.134. The van der Waals surface area contributed by atoms with Crippen LogP contribution in [0.2, 0.25) is 0 Å². The first-order chi connectivity index (χ1) is 12.9. The van der Waals surface area contributed by atoms with Crippen LogP contribution in [0.1, 0.15) is 72.6 Å². The maximum Gasteiger partial charge on any atom is 0.224 e. The molecule has 0 saturated carbocycles. The summed E-state index contributed by atoms with van der Waals surface area (Å²) in [7, 11) is 0. The van der Waals surface area contributed by atoms with Gasteiger partial charge in [0, 0.05) is 37.6 Å². The van der Waals surface area contributed by atoms with Gasteiger partial charge < -0.3 is 15.5 Å². The standard InChI is InChI=1S/C21H41N5O.HI/c1-5-22-20(24-17-21(3,4)25-14-8-6-9-15-25)23-13-12-19(27)26-16-10-7-11-18(26)2;/h18H,5-17H2,1-4H3,(H2,22,23,24);1H. The number of aliphatic imine (C=N–C) groups is 1. The second kappa shape index (κ2) is 12.9.